The molecule has 0 aromatic heterocycles. The molecule has 2 aromatic rings. The molecule has 0 spiro atoms. The third-order valence-electron chi connectivity index (χ3n) is 4.58. The summed E-state index contributed by atoms with van der Waals surface area (Å²) in [6.45, 7) is 2.80. The van der Waals surface area contributed by atoms with Crippen LogP contribution in [0, 0.1) is 5.92 Å². The van der Waals surface area contributed by atoms with Crippen molar-refractivity contribution in [2.24, 2.45) is 5.92 Å². The molecule has 0 saturated carbocycles. The lowest BCUT2D eigenvalue weighted by molar-refractivity contribution is 0.0773. The number of benzene rings is 2. The number of amides is 1. The normalized spacial score (nSPS) is 16.8. The molecule has 2 aromatic carbocycles. The van der Waals surface area contributed by atoms with Crippen LogP contribution in [0.3, 0.4) is 0 Å². The molecular weight excluding hydrogens is 300 g/mol. The molecule has 1 aliphatic heterocycles. The van der Waals surface area contributed by atoms with E-state index in [1.54, 1.807) is 12.0 Å². The van der Waals surface area contributed by atoms with Gasteiger partial charge in [0.15, 0.2) is 0 Å². The Balaban J connectivity index is 1.80. The molecule has 126 valence electrons. The third kappa shape index (κ3) is 3.60. The minimum atomic E-state index is 0.0124. The molecule has 0 bridgehead atoms. The van der Waals surface area contributed by atoms with E-state index in [0.29, 0.717) is 17.2 Å². The van der Waals surface area contributed by atoms with Crippen molar-refractivity contribution in [1.82, 2.24) is 10.2 Å². The van der Waals surface area contributed by atoms with Gasteiger partial charge in [0.25, 0.3) is 5.91 Å². The Labute approximate surface area is 143 Å². The fraction of sp³-hybridized carbons (Fsp3) is 0.350. The fourth-order valence-electron chi connectivity index (χ4n) is 3.22. The summed E-state index contributed by atoms with van der Waals surface area (Å²) in [5, 5.41) is 3.34. The summed E-state index contributed by atoms with van der Waals surface area (Å²) >= 11 is 0. The monoisotopic (exact) mass is 324 g/mol. The molecule has 1 aliphatic rings. The van der Waals surface area contributed by atoms with Crippen LogP contribution in [-0.2, 0) is 0 Å². The number of hydrogen-bond acceptors (Lipinski definition) is 3. The van der Waals surface area contributed by atoms with Gasteiger partial charge in [-0.25, -0.2) is 0 Å². The molecule has 0 aliphatic carbocycles. The molecule has 1 unspecified atom stereocenters. The Morgan fingerprint density at radius 3 is 2.67 bits per heavy atom. The second kappa shape index (κ2) is 7.49. The van der Waals surface area contributed by atoms with Crippen molar-refractivity contribution in [3.05, 3.63) is 54.1 Å². The van der Waals surface area contributed by atoms with Crippen LogP contribution in [-0.4, -0.2) is 44.6 Å². The maximum absolute atomic E-state index is 12.8. The molecule has 1 saturated heterocycles. The average molecular weight is 324 g/mol. The lowest BCUT2D eigenvalue weighted by atomic mass is 10.0. The van der Waals surface area contributed by atoms with Gasteiger partial charge in [-0.3, -0.25) is 4.79 Å². The molecule has 3 rings (SSSR count). The van der Waals surface area contributed by atoms with E-state index in [1.807, 2.05) is 43.4 Å². The molecule has 1 heterocycles. The molecule has 1 fully saturated rings. The standard InChI is InChI=1S/C20H24N2O2/c1-22(14-15-10-11-21-13-15)20(23)18-9-8-17(12-19(18)24-2)16-6-4-3-5-7-16/h3-9,12,15,21H,10-11,13-14H2,1-2H3. The number of hydrogen-bond donors (Lipinski definition) is 1. The molecule has 24 heavy (non-hydrogen) atoms. The van der Waals surface area contributed by atoms with Crippen LogP contribution < -0.4 is 10.1 Å². The Kier molecular flexibility index (Phi) is 5.16. The molecule has 0 radical (unpaired) electrons. The van der Waals surface area contributed by atoms with E-state index in [9.17, 15) is 4.79 Å². The van der Waals surface area contributed by atoms with Crippen LogP contribution in [0.25, 0.3) is 11.1 Å². The average Bonchev–Trinajstić information content (AvgIpc) is 3.14. The number of carbonyl (C=O) groups excluding carboxylic acids is 1. The largest absolute Gasteiger partial charge is 0.496 e. The van der Waals surface area contributed by atoms with Crippen molar-refractivity contribution in [3.8, 4) is 16.9 Å². The van der Waals surface area contributed by atoms with E-state index < -0.39 is 0 Å². The number of ether oxygens (including phenoxy) is 1. The summed E-state index contributed by atoms with van der Waals surface area (Å²) in [7, 11) is 3.48. The van der Waals surface area contributed by atoms with Gasteiger partial charge >= 0.3 is 0 Å². The van der Waals surface area contributed by atoms with Gasteiger partial charge in [0.05, 0.1) is 12.7 Å². The molecule has 1 amide bonds. The zero-order valence-electron chi connectivity index (χ0n) is 14.3. The van der Waals surface area contributed by atoms with Crippen LogP contribution in [0.5, 0.6) is 5.75 Å². The first kappa shape index (κ1) is 16.5. The van der Waals surface area contributed by atoms with Crippen molar-refractivity contribution in [2.45, 2.75) is 6.42 Å². The van der Waals surface area contributed by atoms with Crippen molar-refractivity contribution in [1.29, 1.82) is 0 Å². The maximum atomic E-state index is 12.8. The molecule has 4 heteroatoms. The fourth-order valence-corrected chi connectivity index (χ4v) is 3.22. The van der Waals surface area contributed by atoms with Gasteiger partial charge in [0, 0.05) is 13.6 Å². The lowest BCUT2D eigenvalue weighted by Crippen LogP contribution is -2.32. The number of nitrogens with one attached hydrogen (secondary N) is 1. The van der Waals surface area contributed by atoms with Gasteiger partial charge in [-0.05, 0) is 48.7 Å². The molecule has 1 N–H and O–H groups in total. The summed E-state index contributed by atoms with van der Waals surface area (Å²) < 4.78 is 5.49. The zero-order valence-corrected chi connectivity index (χ0v) is 14.3. The van der Waals surface area contributed by atoms with Crippen LogP contribution in [0.2, 0.25) is 0 Å². The van der Waals surface area contributed by atoms with E-state index in [2.05, 4.69) is 17.4 Å². The second-order valence-electron chi connectivity index (χ2n) is 6.33. The number of methoxy groups -OCH3 is 1. The third-order valence-corrected chi connectivity index (χ3v) is 4.58. The van der Waals surface area contributed by atoms with E-state index in [4.69, 9.17) is 4.74 Å². The van der Waals surface area contributed by atoms with Gasteiger partial charge in [0.1, 0.15) is 5.75 Å². The van der Waals surface area contributed by atoms with Gasteiger partial charge < -0.3 is 15.0 Å². The highest BCUT2D eigenvalue weighted by atomic mass is 16.5. The maximum Gasteiger partial charge on any atom is 0.257 e. The van der Waals surface area contributed by atoms with E-state index in [1.165, 1.54) is 0 Å². The van der Waals surface area contributed by atoms with Gasteiger partial charge in [-0.2, -0.15) is 0 Å². The first-order chi connectivity index (χ1) is 11.7. The topological polar surface area (TPSA) is 41.6 Å². The first-order valence-corrected chi connectivity index (χ1v) is 8.38. The quantitative estimate of drug-likeness (QED) is 0.919. The lowest BCUT2D eigenvalue weighted by Gasteiger charge is -2.22. The smallest absolute Gasteiger partial charge is 0.257 e. The predicted octanol–water partition coefficient (Wildman–Crippen LogP) is 3.04. The van der Waals surface area contributed by atoms with E-state index in [-0.39, 0.29) is 5.91 Å². The number of carbonyl (C=O) groups is 1. The van der Waals surface area contributed by atoms with Crippen molar-refractivity contribution >= 4 is 5.91 Å². The van der Waals surface area contributed by atoms with Crippen LogP contribution in [0.1, 0.15) is 16.8 Å². The first-order valence-electron chi connectivity index (χ1n) is 8.38. The van der Waals surface area contributed by atoms with Crippen LogP contribution in [0.4, 0.5) is 0 Å². The summed E-state index contributed by atoms with van der Waals surface area (Å²) in [4.78, 5) is 14.6. The highest BCUT2D eigenvalue weighted by molar-refractivity contribution is 5.97. The van der Waals surface area contributed by atoms with Crippen LogP contribution >= 0.6 is 0 Å². The highest BCUT2D eigenvalue weighted by Gasteiger charge is 2.22. The van der Waals surface area contributed by atoms with Crippen molar-refractivity contribution < 1.29 is 9.53 Å². The Hall–Kier alpha value is -2.33. The highest BCUT2D eigenvalue weighted by Crippen LogP contribution is 2.28. The van der Waals surface area contributed by atoms with E-state index >= 15 is 0 Å². The Bertz CT molecular complexity index is 694. The van der Waals surface area contributed by atoms with Gasteiger partial charge in [0.2, 0.25) is 0 Å². The molecular formula is C20H24N2O2. The summed E-state index contributed by atoms with van der Waals surface area (Å²) in [5.41, 5.74) is 2.78. The summed E-state index contributed by atoms with van der Waals surface area (Å²) in [5.74, 6) is 1.17. The second-order valence-corrected chi connectivity index (χ2v) is 6.33. The molecule has 4 nitrogen and oxygen atoms in total. The zero-order chi connectivity index (χ0) is 16.9. The number of nitrogens with zero attached hydrogens (tertiary/aromatic N) is 1. The van der Waals surface area contributed by atoms with Gasteiger partial charge in [-0.15, -0.1) is 0 Å². The molecule has 1 atom stereocenters. The predicted molar refractivity (Wildman–Crippen MR) is 96.4 cm³/mol. The minimum Gasteiger partial charge on any atom is -0.496 e. The van der Waals surface area contributed by atoms with Gasteiger partial charge in [-0.1, -0.05) is 36.4 Å². The SMILES string of the molecule is COc1cc(-c2ccccc2)ccc1C(=O)N(C)CC1CCNC1. The summed E-state index contributed by atoms with van der Waals surface area (Å²) in [6.07, 6.45) is 1.13. The number of rotatable bonds is 5. The summed E-state index contributed by atoms with van der Waals surface area (Å²) in [6, 6.07) is 15.9. The Morgan fingerprint density at radius 1 is 1.21 bits per heavy atom. The van der Waals surface area contributed by atoms with Crippen molar-refractivity contribution in [3.63, 3.8) is 0 Å². The minimum absolute atomic E-state index is 0.0124. The van der Waals surface area contributed by atoms with Crippen LogP contribution in [0.15, 0.2) is 48.5 Å². The van der Waals surface area contributed by atoms with E-state index in [0.717, 1.165) is 37.2 Å². The van der Waals surface area contributed by atoms with Crippen molar-refractivity contribution in [2.75, 3.05) is 33.8 Å². The Morgan fingerprint density at radius 2 is 2.00 bits per heavy atom.